The average Bonchev–Trinajstić information content (AvgIpc) is 2.96. The van der Waals surface area contributed by atoms with Crippen molar-refractivity contribution in [2.24, 2.45) is 0 Å². The zero-order valence-electron chi connectivity index (χ0n) is 12.7. The molecule has 0 radical (unpaired) electrons. The lowest BCUT2D eigenvalue weighted by Gasteiger charge is -2.19. The first kappa shape index (κ1) is 15.4. The zero-order chi connectivity index (χ0) is 14.8. The minimum Gasteiger partial charge on any atom is -0.346 e. The van der Waals surface area contributed by atoms with Crippen LogP contribution < -0.4 is 10.2 Å². The van der Waals surface area contributed by atoms with Gasteiger partial charge in [-0.05, 0) is 27.7 Å². The standard InChI is InChI=1S/C14H22N4S2/c1-10-12(20-9-15-10)7-18(5)13-17-11(8-19-13)6-16-14(2,3)4/h8-9,16H,6-7H2,1-5H3. The molecule has 1 N–H and O–H groups in total. The summed E-state index contributed by atoms with van der Waals surface area (Å²) in [5.74, 6) is 0. The van der Waals surface area contributed by atoms with E-state index in [9.17, 15) is 0 Å². The lowest BCUT2D eigenvalue weighted by molar-refractivity contribution is 0.422. The molecule has 2 aromatic heterocycles. The van der Waals surface area contributed by atoms with Gasteiger partial charge in [0.2, 0.25) is 0 Å². The van der Waals surface area contributed by atoms with Gasteiger partial charge in [0.05, 0.1) is 23.4 Å². The number of hydrogen-bond acceptors (Lipinski definition) is 6. The maximum absolute atomic E-state index is 4.69. The Bertz CT molecular complexity index is 554. The first-order chi connectivity index (χ1) is 9.35. The van der Waals surface area contributed by atoms with E-state index in [0.717, 1.165) is 29.6 Å². The number of thiazole rings is 2. The van der Waals surface area contributed by atoms with Crippen molar-refractivity contribution in [3.63, 3.8) is 0 Å². The highest BCUT2D eigenvalue weighted by atomic mass is 32.1. The number of aromatic nitrogens is 2. The van der Waals surface area contributed by atoms with Crippen LogP contribution in [0.3, 0.4) is 0 Å². The lowest BCUT2D eigenvalue weighted by atomic mass is 10.1. The summed E-state index contributed by atoms with van der Waals surface area (Å²) in [5.41, 5.74) is 4.25. The second-order valence-corrected chi connectivity index (χ2v) is 7.72. The molecule has 0 atom stereocenters. The SMILES string of the molecule is Cc1ncsc1CN(C)c1nc(CNC(C)(C)C)cs1. The summed E-state index contributed by atoms with van der Waals surface area (Å²) in [7, 11) is 2.08. The van der Waals surface area contributed by atoms with Gasteiger partial charge in [-0.25, -0.2) is 9.97 Å². The summed E-state index contributed by atoms with van der Waals surface area (Å²) >= 11 is 3.40. The molecule has 0 saturated heterocycles. The Balaban J connectivity index is 1.96. The number of aryl methyl sites for hydroxylation is 1. The van der Waals surface area contributed by atoms with Crippen LogP contribution in [0.5, 0.6) is 0 Å². The summed E-state index contributed by atoms with van der Waals surface area (Å²) in [6, 6.07) is 0. The Morgan fingerprint density at radius 3 is 2.65 bits per heavy atom. The Hall–Kier alpha value is -0.980. The number of anilines is 1. The predicted octanol–water partition coefficient (Wildman–Crippen LogP) is 3.43. The largest absolute Gasteiger partial charge is 0.346 e. The summed E-state index contributed by atoms with van der Waals surface area (Å²) < 4.78 is 0. The summed E-state index contributed by atoms with van der Waals surface area (Å²) in [5, 5.41) is 6.65. The average molecular weight is 310 g/mol. The molecule has 0 saturated carbocycles. The number of nitrogens with zero attached hydrogens (tertiary/aromatic N) is 3. The van der Waals surface area contributed by atoms with Gasteiger partial charge in [0.15, 0.2) is 5.13 Å². The number of nitrogens with one attached hydrogen (secondary N) is 1. The van der Waals surface area contributed by atoms with Gasteiger partial charge in [0.25, 0.3) is 0 Å². The van der Waals surface area contributed by atoms with Crippen molar-refractivity contribution >= 4 is 27.8 Å². The van der Waals surface area contributed by atoms with Gasteiger partial charge in [-0.15, -0.1) is 22.7 Å². The predicted molar refractivity (Wildman–Crippen MR) is 87.7 cm³/mol. The van der Waals surface area contributed by atoms with Gasteiger partial charge in [0, 0.05) is 29.4 Å². The molecule has 0 unspecified atom stereocenters. The third-order valence-electron chi connectivity index (χ3n) is 2.89. The molecule has 0 aromatic carbocycles. The minimum atomic E-state index is 0.120. The summed E-state index contributed by atoms with van der Waals surface area (Å²) in [4.78, 5) is 12.5. The van der Waals surface area contributed by atoms with E-state index in [1.807, 2.05) is 5.51 Å². The van der Waals surface area contributed by atoms with E-state index >= 15 is 0 Å². The highest BCUT2D eigenvalue weighted by Crippen LogP contribution is 2.23. The molecule has 4 nitrogen and oxygen atoms in total. The molecule has 0 aliphatic carbocycles. The second-order valence-electron chi connectivity index (χ2n) is 5.94. The van der Waals surface area contributed by atoms with E-state index < -0.39 is 0 Å². The Labute approximate surface area is 128 Å². The van der Waals surface area contributed by atoms with Crippen molar-refractivity contribution in [3.05, 3.63) is 27.2 Å². The van der Waals surface area contributed by atoms with Crippen molar-refractivity contribution in [1.29, 1.82) is 0 Å². The fourth-order valence-corrected chi connectivity index (χ4v) is 3.29. The maximum Gasteiger partial charge on any atom is 0.185 e. The number of rotatable bonds is 5. The van der Waals surface area contributed by atoms with Crippen LogP contribution in [0, 0.1) is 6.92 Å². The number of hydrogen-bond donors (Lipinski definition) is 1. The molecule has 2 rings (SSSR count). The minimum absolute atomic E-state index is 0.120. The molecule has 0 spiro atoms. The second kappa shape index (κ2) is 6.20. The highest BCUT2D eigenvalue weighted by molar-refractivity contribution is 7.13. The summed E-state index contributed by atoms with van der Waals surface area (Å²) in [6.07, 6.45) is 0. The van der Waals surface area contributed by atoms with Crippen LogP contribution in [0.15, 0.2) is 10.9 Å². The van der Waals surface area contributed by atoms with Crippen molar-refractivity contribution in [2.75, 3.05) is 11.9 Å². The van der Waals surface area contributed by atoms with Gasteiger partial charge in [0.1, 0.15) is 0 Å². The van der Waals surface area contributed by atoms with E-state index in [1.54, 1.807) is 22.7 Å². The van der Waals surface area contributed by atoms with Crippen LogP contribution in [0.4, 0.5) is 5.13 Å². The first-order valence-corrected chi connectivity index (χ1v) is 8.40. The quantitative estimate of drug-likeness (QED) is 0.918. The van der Waals surface area contributed by atoms with Crippen molar-refractivity contribution < 1.29 is 0 Å². The van der Waals surface area contributed by atoms with Crippen LogP contribution in [0.25, 0.3) is 0 Å². The van der Waals surface area contributed by atoms with E-state index in [-0.39, 0.29) is 5.54 Å². The van der Waals surface area contributed by atoms with Crippen LogP contribution in [-0.2, 0) is 13.1 Å². The highest BCUT2D eigenvalue weighted by Gasteiger charge is 2.13. The fraction of sp³-hybridized carbons (Fsp3) is 0.571. The van der Waals surface area contributed by atoms with Crippen molar-refractivity contribution in [2.45, 2.75) is 46.3 Å². The van der Waals surface area contributed by atoms with Gasteiger partial charge in [-0.3, -0.25) is 0 Å². The molecule has 0 amide bonds. The van der Waals surface area contributed by atoms with Crippen LogP contribution in [-0.4, -0.2) is 22.6 Å². The molecule has 2 heterocycles. The fourth-order valence-electron chi connectivity index (χ4n) is 1.67. The molecule has 0 aliphatic heterocycles. The van der Waals surface area contributed by atoms with Crippen molar-refractivity contribution in [1.82, 2.24) is 15.3 Å². The normalized spacial score (nSPS) is 11.8. The Morgan fingerprint density at radius 2 is 2.05 bits per heavy atom. The molecule has 2 aromatic rings. The van der Waals surface area contributed by atoms with Gasteiger partial charge < -0.3 is 10.2 Å². The molecule has 110 valence electrons. The Kier molecular flexibility index (Phi) is 4.78. The monoisotopic (exact) mass is 310 g/mol. The lowest BCUT2D eigenvalue weighted by Crippen LogP contribution is -2.35. The third kappa shape index (κ3) is 4.26. The van der Waals surface area contributed by atoms with E-state index in [2.05, 4.69) is 60.3 Å². The third-order valence-corrected chi connectivity index (χ3v) is 4.82. The first-order valence-electron chi connectivity index (χ1n) is 6.65. The maximum atomic E-state index is 4.69. The van der Waals surface area contributed by atoms with E-state index in [1.165, 1.54) is 4.88 Å². The molecule has 0 aliphatic rings. The molecular weight excluding hydrogens is 288 g/mol. The van der Waals surface area contributed by atoms with Crippen LogP contribution in [0.2, 0.25) is 0 Å². The molecule has 6 heteroatoms. The molecule has 20 heavy (non-hydrogen) atoms. The van der Waals surface area contributed by atoms with E-state index in [4.69, 9.17) is 0 Å². The van der Waals surface area contributed by atoms with Crippen molar-refractivity contribution in [3.8, 4) is 0 Å². The topological polar surface area (TPSA) is 41.1 Å². The van der Waals surface area contributed by atoms with Crippen LogP contribution in [0.1, 0.15) is 37.0 Å². The molecule has 0 bridgehead atoms. The van der Waals surface area contributed by atoms with E-state index in [0.29, 0.717) is 0 Å². The summed E-state index contributed by atoms with van der Waals surface area (Å²) in [6.45, 7) is 10.2. The molecule has 0 fully saturated rings. The molecular formula is C14H22N4S2. The van der Waals surface area contributed by atoms with Gasteiger partial charge >= 0.3 is 0 Å². The van der Waals surface area contributed by atoms with Gasteiger partial charge in [-0.1, -0.05) is 0 Å². The smallest absolute Gasteiger partial charge is 0.185 e. The van der Waals surface area contributed by atoms with Crippen LogP contribution >= 0.6 is 22.7 Å². The zero-order valence-corrected chi connectivity index (χ0v) is 14.4. The Morgan fingerprint density at radius 1 is 1.30 bits per heavy atom. The van der Waals surface area contributed by atoms with Gasteiger partial charge in [-0.2, -0.15) is 0 Å².